The van der Waals surface area contributed by atoms with Crippen molar-refractivity contribution in [1.29, 1.82) is 5.26 Å². The van der Waals surface area contributed by atoms with Gasteiger partial charge in [-0.3, -0.25) is 4.79 Å². The number of ether oxygens (including phenoxy) is 1. The standard InChI is InChI=1S/C34H38ClN7O2/c1-3-30(43)41-18-17-40(20-24(41)12-15-36)32-26-19-34(13-14-34)42(29-11-5-8-23-7-4-10-27(35)31(23)29)21-28(26)37-33(38-32)44-22-25-9-6-16-39(25)2/h3-5,7-8,10-11,24-25H,1,6,9,12-14,16-22H2,2H3/t24-,25-/m0/s1. The van der Waals surface area contributed by atoms with Crippen LogP contribution < -0.4 is 14.5 Å². The molecule has 1 amide bonds. The fourth-order valence-corrected chi connectivity index (χ4v) is 7.68. The Morgan fingerprint density at radius 3 is 2.73 bits per heavy atom. The molecule has 0 radical (unpaired) electrons. The van der Waals surface area contributed by atoms with E-state index in [4.69, 9.17) is 26.3 Å². The van der Waals surface area contributed by atoms with E-state index < -0.39 is 0 Å². The number of rotatable bonds is 7. The largest absolute Gasteiger partial charge is 0.462 e. The monoisotopic (exact) mass is 611 g/mol. The van der Waals surface area contributed by atoms with Gasteiger partial charge in [-0.2, -0.15) is 15.2 Å². The Morgan fingerprint density at radius 2 is 2.00 bits per heavy atom. The zero-order valence-corrected chi connectivity index (χ0v) is 26.0. The summed E-state index contributed by atoms with van der Waals surface area (Å²) in [4.78, 5) is 31.6. The van der Waals surface area contributed by atoms with Crippen LogP contribution in [0.15, 0.2) is 49.1 Å². The van der Waals surface area contributed by atoms with Gasteiger partial charge in [-0.15, -0.1) is 0 Å². The van der Waals surface area contributed by atoms with E-state index in [2.05, 4.69) is 58.7 Å². The smallest absolute Gasteiger partial charge is 0.318 e. The number of halogens is 1. The summed E-state index contributed by atoms with van der Waals surface area (Å²) in [6, 6.07) is 15.3. The Bertz CT molecular complexity index is 1650. The molecule has 1 aromatic heterocycles. The van der Waals surface area contributed by atoms with Crippen LogP contribution in [0.1, 0.15) is 43.4 Å². The van der Waals surface area contributed by atoms with Crippen molar-refractivity contribution in [2.45, 2.75) is 62.7 Å². The third-order valence-electron chi connectivity index (χ3n) is 10.0. The maximum Gasteiger partial charge on any atom is 0.318 e. The van der Waals surface area contributed by atoms with E-state index in [1.165, 1.54) is 12.5 Å². The predicted molar refractivity (Wildman–Crippen MR) is 172 cm³/mol. The summed E-state index contributed by atoms with van der Waals surface area (Å²) < 4.78 is 6.35. The number of nitrogens with zero attached hydrogens (tertiary/aromatic N) is 7. The minimum absolute atomic E-state index is 0.0276. The number of likely N-dealkylation sites (N-methyl/N-ethyl adjacent to an activating group) is 1. The molecule has 2 atom stereocenters. The summed E-state index contributed by atoms with van der Waals surface area (Å²) in [6.45, 7) is 7.56. The van der Waals surface area contributed by atoms with E-state index in [0.29, 0.717) is 44.8 Å². The zero-order valence-electron chi connectivity index (χ0n) is 25.2. The summed E-state index contributed by atoms with van der Waals surface area (Å²) in [7, 11) is 2.14. The lowest BCUT2D eigenvalue weighted by Crippen LogP contribution is -2.55. The van der Waals surface area contributed by atoms with E-state index in [0.717, 1.165) is 70.8 Å². The summed E-state index contributed by atoms with van der Waals surface area (Å²) in [5, 5.41) is 12.5. The first kappa shape index (κ1) is 28.9. The van der Waals surface area contributed by atoms with E-state index in [9.17, 15) is 10.1 Å². The highest BCUT2D eigenvalue weighted by molar-refractivity contribution is 6.36. The Labute approximate surface area is 263 Å². The van der Waals surface area contributed by atoms with Crippen LogP contribution in [-0.2, 0) is 17.8 Å². The van der Waals surface area contributed by atoms with Crippen LogP contribution in [-0.4, -0.2) is 83.1 Å². The van der Waals surface area contributed by atoms with Crippen molar-refractivity contribution in [3.05, 3.63) is 65.3 Å². The fourth-order valence-electron chi connectivity index (χ4n) is 7.40. The van der Waals surface area contributed by atoms with Gasteiger partial charge in [-0.25, -0.2) is 0 Å². The number of nitriles is 1. The molecule has 44 heavy (non-hydrogen) atoms. The summed E-state index contributed by atoms with van der Waals surface area (Å²) in [5.41, 5.74) is 3.22. The molecule has 0 N–H and O–H groups in total. The highest BCUT2D eigenvalue weighted by Crippen LogP contribution is 2.53. The first-order chi connectivity index (χ1) is 21.4. The van der Waals surface area contributed by atoms with Crippen LogP contribution in [0.5, 0.6) is 6.01 Å². The van der Waals surface area contributed by atoms with Crippen molar-refractivity contribution in [3.8, 4) is 12.1 Å². The number of anilines is 2. The summed E-state index contributed by atoms with van der Waals surface area (Å²) >= 11 is 6.81. The van der Waals surface area contributed by atoms with Gasteiger partial charge >= 0.3 is 6.01 Å². The number of likely N-dealkylation sites (tertiary alicyclic amines) is 1. The molecule has 1 saturated carbocycles. The second-order valence-electron chi connectivity index (χ2n) is 12.6. The van der Waals surface area contributed by atoms with E-state index in [1.54, 1.807) is 4.90 Å². The van der Waals surface area contributed by atoms with Gasteiger partial charge in [0, 0.05) is 54.3 Å². The van der Waals surface area contributed by atoms with Gasteiger partial charge in [0.2, 0.25) is 5.91 Å². The number of hydrogen-bond acceptors (Lipinski definition) is 8. The van der Waals surface area contributed by atoms with Crippen LogP contribution >= 0.6 is 11.6 Å². The molecule has 7 rings (SSSR count). The Hall–Kier alpha value is -3.87. The SMILES string of the molecule is C=CC(=O)N1CCN(c2nc(OC[C@@H]3CCCN3C)nc3c2CC2(CC2)N(c2cccc4cccc(Cl)c24)C3)C[C@@H]1CC#N. The van der Waals surface area contributed by atoms with Gasteiger partial charge < -0.3 is 24.3 Å². The van der Waals surface area contributed by atoms with Crippen molar-refractivity contribution in [1.82, 2.24) is 19.8 Å². The lowest BCUT2D eigenvalue weighted by molar-refractivity contribution is -0.128. The minimum atomic E-state index is -0.242. The molecule has 3 fully saturated rings. The van der Waals surface area contributed by atoms with Crippen molar-refractivity contribution in [3.63, 3.8) is 0 Å². The number of fused-ring (bicyclic) bond motifs is 2. The molecule has 0 bridgehead atoms. The van der Waals surface area contributed by atoms with Crippen molar-refractivity contribution >= 4 is 39.8 Å². The quantitative estimate of drug-likeness (QED) is 0.346. The molecule has 3 aliphatic heterocycles. The van der Waals surface area contributed by atoms with Crippen molar-refractivity contribution < 1.29 is 9.53 Å². The normalized spacial score (nSPS) is 22.6. The van der Waals surface area contributed by atoms with E-state index in [-0.39, 0.29) is 23.9 Å². The average Bonchev–Trinajstić information content (AvgIpc) is 3.68. The molecule has 10 heteroatoms. The number of carbonyl (C=O) groups is 1. The number of carbonyl (C=O) groups excluding carboxylic acids is 1. The fraction of sp³-hybridized carbons (Fsp3) is 0.471. The van der Waals surface area contributed by atoms with Crippen LogP contribution in [0.25, 0.3) is 10.8 Å². The third kappa shape index (κ3) is 5.14. The van der Waals surface area contributed by atoms with Crippen LogP contribution in [0.2, 0.25) is 5.02 Å². The highest BCUT2D eigenvalue weighted by atomic mass is 35.5. The molecule has 1 aliphatic carbocycles. The summed E-state index contributed by atoms with van der Waals surface area (Å²) in [5.74, 6) is 0.737. The number of aromatic nitrogens is 2. The number of amides is 1. The molecule has 9 nitrogen and oxygen atoms in total. The Morgan fingerprint density at radius 1 is 1.18 bits per heavy atom. The summed E-state index contributed by atoms with van der Waals surface area (Å²) in [6.07, 6.45) is 6.83. The van der Waals surface area contributed by atoms with Gasteiger partial charge in [-0.05, 0) is 62.9 Å². The second-order valence-corrected chi connectivity index (χ2v) is 13.1. The van der Waals surface area contributed by atoms with Gasteiger partial charge in [-0.1, -0.05) is 42.4 Å². The lowest BCUT2D eigenvalue weighted by Gasteiger charge is -2.44. The molecule has 228 valence electrons. The Kier molecular flexibility index (Phi) is 7.59. The maximum absolute atomic E-state index is 12.6. The molecule has 1 spiro atoms. The topological polar surface area (TPSA) is 88.8 Å². The third-order valence-corrected chi connectivity index (χ3v) is 10.3. The van der Waals surface area contributed by atoms with E-state index in [1.807, 2.05) is 12.1 Å². The highest BCUT2D eigenvalue weighted by Gasteiger charge is 2.52. The predicted octanol–water partition coefficient (Wildman–Crippen LogP) is 4.97. The zero-order chi connectivity index (χ0) is 30.4. The van der Waals surface area contributed by atoms with Gasteiger partial charge in [0.1, 0.15) is 12.4 Å². The minimum Gasteiger partial charge on any atom is -0.462 e. The van der Waals surface area contributed by atoms with Gasteiger partial charge in [0.15, 0.2) is 0 Å². The number of piperazine rings is 1. The average molecular weight is 612 g/mol. The molecule has 2 aromatic carbocycles. The molecular weight excluding hydrogens is 574 g/mol. The number of benzene rings is 2. The first-order valence-electron chi connectivity index (χ1n) is 15.6. The van der Waals surface area contributed by atoms with Crippen molar-refractivity contribution in [2.75, 3.05) is 49.6 Å². The van der Waals surface area contributed by atoms with E-state index >= 15 is 0 Å². The number of hydrogen-bond donors (Lipinski definition) is 0. The molecule has 0 unspecified atom stereocenters. The first-order valence-corrected chi connectivity index (χ1v) is 16.0. The molecule has 2 saturated heterocycles. The van der Waals surface area contributed by atoms with Crippen molar-refractivity contribution in [2.24, 2.45) is 0 Å². The Balaban J connectivity index is 1.27. The maximum atomic E-state index is 12.6. The van der Waals surface area contributed by atoms with Gasteiger partial charge in [0.25, 0.3) is 0 Å². The molecule has 4 aliphatic rings. The van der Waals surface area contributed by atoms with Crippen LogP contribution in [0.4, 0.5) is 11.5 Å². The molecule has 4 heterocycles. The molecular formula is C34H38ClN7O2. The van der Waals surface area contributed by atoms with Crippen LogP contribution in [0.3, 0.4) is 0 Å². The lowest BCUT2D eigenvalue weighted by atomic mass is 9.93. The van der Waals surface area contributed by atoms with Gasteiger partial charge in [0.05, 0.1) is 35.8 Å². The van der Waals surface area contributed by atoms with Crippen LogP contribution in [0, 0.1) is 11.3 Å². The second kappa shape index (κ2) is 11.6. The molecule has 3 aromatic rings.